The molecule has 25 heavy (non-hydrogen) atoms. The van der Waals surface area contributed by atoms with E-state index < -0.39 is 23.3 Å². The van der Waals surface area contributed by atoms with E-state index in [0.717, 1.165) is 43.8 Å². The molecule has 0 bridgehead atoms. The van der Waals surface area contributed by atoms with E-state index in [0.29, 0.717) is 12.0 Å². The lowest BCUT2D eigenvalue weighted by Gasteiger charge is -2.04. The normalized spacial score (nSPS) is 11.7. The summed E-state index contributed by atoms with van der Waals surface area (Å²) in [6.45, 7) is 2.06. The molecule has 0 aliphatic rings. The smallest absolute Gasteiger partial charge is 0.159 e. The Bertz CT molecular complexity index is 762. The van der Waals surface area contributed by atoms with Gasteiger partial charge in [0.05, 0.1) is 18.0 Å². The second-order valence-electron chi connectivity index (χ2n) is 5.59. The van der Waals surface area contributed by atoms with Crippen LogP contribution < -0.4 is 0 Å². The highest BCUT2D eigenvalue weighted by atomic mass is 19.2. The van der Waals surface area contributed by atoms with Crippen molar-refractivity contribution in [3.63, 3.8) is 0 Å². The molecule has 2 aromatic carbocycles. The monoisotopic (exact) mass is 350 g/mol. The number of unbranched alkanes of at least 4 members (excludes halogenated alkanes) is 2. The molecule has 0 fully saturated rings. The van der Waals surface area contributed by atoms with Gasteiger partial charge in [0, 0.05) is 0 Å². The van der Waals surface area contributed by atoms with Crippen LogP contribution in [0.4, 0.5) is 17.6 Å². The van der Waals surface area contributed by atoms with Crippen LogP contribution in [0.25, 0.3) is 0 Å². The molecule has 2 nitrogen and oxygen atoms in total. The Labute approximate surface area is 143 Å². The van der Waals surface area contributed by atoms with Crippen LogP contribution in [-0.2, 0) is 6.42 Å². The van der Waals surface area contributed by atoms with Crippen LogP contribution in [0.15, 0.2) is 40.5 Å². The minimum Gasteiger partial charge on any atom is -0.206 e. The van der Waals surface area contributed by atoms with Gasteiger partial charge in [0.15, 0.2) is 11.6 Å². The average molecular weight is 350 g/mol. The first kappa shape index (κ1) is 18.8. The van der Waals surface area contributed by atoms with Gasteiger partial charge in [-0.1, -0.05) is 25.8 Å². The third kappa shape index (κ3) is 5.52. The molecule has 0 N–H and O–H groups in total. The van der Waals surface area contributed by atoms with Crippen molar-refractivity contribution in [1.29, 1.82) is 0 Å². The van der Waals surface area contributed by atoms with Crippen molar-refractivity contribution in [2.45, 2.75) is 32.6 Å². The van der Waals surface area contributed by atoms with Crippen molar-refractivity contribution in [1.82, 2.24) is 0 Å². The van der Waals surface area contributed by atoms with Gasteiger partial charge in [-0.2, -0.15) is 10.2 Å². The average Bonchev–Trinajstić information content (AvgIpc) is 2.57. The van der Waals surface area contributed by atoms with Crippen molar-refractivity contribution in [2.24, 2.45) is 10.2 Å². The summed E-state index contributed by atoms with van der Waals surface area (Å²) in [5.74, 6) is -3.40. The minimum absolute atomic E-state index is 0.281. The van der Waals surface area contributed by atoms with Crippen LogP contribution >= 0.6 is 0 Å². The minimum atomic E-state index is -1.01. The van der Waals surface area contributed by atoms with Gasteiger partial charge in [0.1, 0.15) is 11.6 Å². The summed E-state index contributed by atoms with van der Waals surface area (Å²) in [5, 5.41) is 7.16. The summed E-state index contributed by atoms with van der Waals surface area (Å²) in [5.41, 5.74) is 0.593. The van der Waals surface area contributed by atoms with Gasteiger partial charge in [-0.15, -0.1) is 0 Å². The van der Waals surface area contributed by atoms with Gasteiger partial charge < -0.3 is 0 Å². The summed E-state index contributed by atoms with van der Waals surface area (Å²) in [6, 6.07) is 5.79. The Hall–Kier alpha value is -2.50. The zero-order valence-electron chi connectivity index (χ0n) is 13.8. The molecule has 0 atom stereocenters. The number of aryl methyl sites for hydroxylation is 1. The fourth-order valence-corrected chi connectivity index (χ4v) is 2.27. The highest BCUT2D eigenvalue weighted by molar-refractivity contribution is 5.83. The maximum absolute atomic E-state index is 14.0. The molecule has 0 heterocycles. The maximum Gasteiger partial charge on any atom is 0.159 e. The van der Waals surface area contributed by atoms with E-state index in [-0.39, 0.29) is 11.1 Å². The third-order valence-corrected chi connectivity index (χ3v) is 3.61. The van der Waals surface area contributed by atoms with Crippen molar-refractivity contribution < 1.29 is 17.6 Å². The molecular formula is C19H18F4N2. The zero-order valence-corrected chi connectivity index (χ0v) is 13.8. The largest absolute Gasteiger partial charge is 0.206 e. The van der Waals surface area contributed by atoms with E-state index >= 15 is 0 Å². The Morgan fingerprint density at radius 2 is 1.48 bits per heavy atom. The predicted octanol–water partition coefficient (Wildman–Crippen LogP) is 5.43. The van der Waals surface area contributed by atoms with Crippen LogP contribution in [-0.4, -0.2) is 12.4 Å². The molecule has 2 rings (SSSR count). The molecule has 0 saturated heterocycles. The van der Waals surface area contributed by atoms with Gasteiger partial charge in [0.2, 0.25) is 0 Å². The molecule has 0 aliphatic heterocycles. The number of nitrogens with zero attached hydrogens (tertiary/aromatic N) is 2. The lowest BCUT2D eigenvalue weighted by Crippen LogP contribution is -1.98. The number of hydrogen-bond acceptors (Lipinski definition) is 2. The topological polar surface area (TPSA) is 24.7 Å². The van der Waals surface area contributed by atoms with Crippen molar-refractivity contribution in [2.75, 3.05) is 0 Å². The molecule has 6 heteroatoms. The van der Waals surface area contributed by atoms with E-state index in [2.05, 4.69) is 17.1 Å². The summed E-state index contributed by atoms with van der Waals surface area (Å²) < 4.78 is 53.8. The van der Waals surface area contributed by atoms with Crippen LogP contribution in [0, 0.1) is 23.3 Å². The van der Waals surface area contributed by atoms with E-state index in [4.69, 9.17) is 0 Å². The molecular weight excluding hydrogens is 332 g/mol. The van der Waals surface area contributed by atoms with Crippen LogP contribution in [0.2, 0.25) is 0 Å². The van der Waals surface area contributed by atoms with Crippen molar-refractivity contribution in [3.05, 3.63) is 70.3 Å². The summed E-state index contributed by atoms with van der Waals surface area (Å²) in [6.07, 6.45) is 5.65. The van der Waals surface area contributed by atoms with Crippen LogP contribution in [0.3, 0.4) is 0 Å². The van der Waals surface area contributed by atoms with Crippen LogP contribution in [0.1, 0.15) is 42.9 Å². The number of halogens is 4. The number of benzene rings is 2. The molecule has 0 saturated carbocycles. The van der Waals surface area contributed by atoms with E-state index in [9.17, 15) is 17.6 Å². The summed E-state index contributed by atoms with van der Waals surface area (Å²) >= 11 is 0. The highest BCUT2D eigenvalue weighted by Gasteiger charge is 2.09. The quantitative estimate of drug-likeness (QED) is 0.275. The van der Waals surface area contributed by atoms with Crippen molar-refractivity contribution >= 4 is 12.4 Å². The number of hydrogen-bond donors (Lipinski definition) is 0. The Kier molecular flexibility index (Phi) is 6.86. The first-order valence-electron chi connectivity index (χ1n) is 8.00. The third-order valence-electron chi connectivity index (χ3n) is 3.61. The first-order chi connectivity index (χ1) is 12.0. The van der Waals surface area contributed by atoms with E-state index in [1.165, 1.54) is 18.2 Å². The fraction of sp³-hybridized carbons (Fsp3) is 0.263. The van der Waals surface area contributed by atoms with Gasteiger partial charge in [-0.05, 0) is 48.2 Å². The van der Waals surface area contributed by atoms with Gasteiger partial charge >= 0.3 is 0 Å². The molecule has 132 valence electrons. The van der Waals surface area contributed by atoms with E-state index in [1.54, 1.807) is 0 Å². The predicted molar refractivity (Wildman–Crippen MR) is 91.1 cm³/mol. The van der Waals surface area contributed by atoms with Gasteiger partial charge in [0.25, 0.3) is 0 Å². The summed E-state index contributed by atoms with van der Waals surface area (Å²) in [4.78, 5) is 0. The molecule has 2 aromatic rings. The van der Waals surface area contributed by atoms with Crippen LogP contribution in [0.5, 0.6) is 0 Å². The van der Waals surface area contributed by atoms with E-state index in [1.807, 2.05) is 0 Å². The zero-order chi connectivity index (χ0) is 18.2. The number of rotatable bonds is 7. The van der Waals surface area contributed by atoms with Crippen molar-refractivity contribution in [3.8, 4) is 0 Å². The molecule has 0 aliphatic carbocycles. The molecule has 0 spiro atoms. The van der Waals surface area contributed by atoms with Gasteiger partial charge in [-0.3, -0.25) is 0 Å². The molecule has 0 amide bonds. The molecule has 0 unspecified atom stereocenters. The highest BCUT2D eigenvalue weighted by Crippen LogP contribution is 2.16. The summed E-state index contributed by atoms with van der Waals surface area (Å²) in [7, 11) is 0. The Morgan fingerprint density at radius 3 is 2.12 bits per heavy atom. The second-order valence-corrected chi connectivity index (χ2v) is 5.59. The Balaban J connectivity index is 2.07. The SMILES string of the molecule is CCCCCc1cc(F)c(/C=N/N=C/c2ccc(F)c(F)c2)c(F)c1. The molecule has 0 aromatic heterocycles. The fourth-order valence-electron chi connectivity index (χ4n) is 2.27. The Morgan fingerprint density at radius 1 is 0.800 bits per heavy atom. The lowest BCUT2D eigenvalue weighted by molar-refractivity contribution is 0.508. The second kappa shape index (κ2) is 9.11. The van der Waals surface area contributed by atoms with Gasteiger partial charge in [-0.25, -0.2) is 17.6 Å². The standard InChI is InChI=1S/C19H18F4N2/c1-2-3-4-5-13-8-17(21)15(18(22)9-13)12-25-24-11-14-6-7-16(20)19(23)10-14/h6-12H,2-5H2,1H3/b24-11+,25-12+. The molecule has 0 radical (unpaired) electrons. The lowest BCUT2D eigenvalue weighted by atomic mass is 10.0. The first-order valence-corrected chi connectivity index (χ1v) is 8.00. The maximum atomic E-state index is 14.0.